The molecule has 1 amide bonds. The SMILES string of the molecule is COC(=O)c1ccc(CNC(=O)c2ccc(F)nc2)cc1. The second-order valence-electron chi connectivity index (χ2n) is 4.24. The first kappa shape index (κ1) is 14.6. The Morgan fingerprint density at radius 1 is 1.14 bits per heavy atom. The molecule has 0 fully saturated rings. The van der Waals surface area contributed by atoms with E-state index in [1.165, 1.54) is 19.4 Å². The number of rotatable bonds is 4. The van der Waals surface area contributed by atoms with Crippen LogP contribution < -0.4 is 5.32 Å². The Morgan fingerprint density at radius 3 is 2.38 bits per heavy atom. The third-order valence-electron chi connectivity index (χ3n) is 2.82. The molecule has 1 aromatic heterocycles. The number of hydrogen-bond acceptors (Lipinski definition) is 4. The summed E-state index contributed by atoms with van der Waals surface area (Å²) in [7, 11) is 1.31. The molecule has 2 rings (SSSR count). The van der Waals surface area contributed by atoms with Crippen LogP contribution in [0.2, 0.25) is 0 Å². The van der Waals surface area contributed by atoms with Crippen LogP contribution in [0.5, 0.6) is 0 Å². The normalized spacial score (nSPS) is 10.0. The Balaban J connectivity index is 1.95. The van der Waals surface area contributed by atoms with E-state index in [4.69, 9.17) is 0 Å². The van der Waals surface area contributed by atoms with Crippen molar-refractivity contribution in [3.05, 3.63) is 65.2 Å². The van der Waals surface area contributed by atoms with Crippen molar-refractivity contribution >= 4 is 11.9 Å². The van der Waals surface area contributed by atoms with Crippen molar-refractivity contribution in [1.82, 2.24) is 10.3 Å². The number of methoxy groups -OCH3 is 1. The van der Waals surface area contributed by atoms with Crippen molar-refractivity contribution in [3.8, 4) is 0 Å². The molecular formula is C15H13FN2O3. The van der Waals surface area contributed by atoms with Gasteiger partial charge in [0, 0.05) is 12.7 Å². The van der Waals surface area contributed by atoms with E-state index < -0.39 is 11.9 Å². The van der Waals surface area contributed by atoms with Crippen molar-refractivity contribution in [2.75, 3.05) is 7.11 Å². The molecular weight excluding hydrogens is 275 g/mol. The molecule has 0 saturated carbocycles. The zero-order valence-electron chi connectivity index (χ0n) is 11.3. The maximum atomic E-state index is 12.7. The molecule has 0 aliphatic heterocycles. The Kier molecular flexibility index (Phi) is 4.61. The Hall–Kier alpha value is -2.76. The van der Waals surface area contributed by atoms with Gasteiger partial charge < -0.3 is 10.1 Å². The summed E-state index contributed by atoms with van der Waals surface area (Å²) < 4.78 is 17.2. The molecule has 108 valence electrons. The molecule has 1 N–H and O–H groups in total. The van der Waals surface area contributed by atoms with E-state index in [2.05, 4.69) is 15.0 Å². The smallest absolute Gasteiger partial charge is 0.337 e. The Bertz CT molecular complexity index is 639. The molecule has 0 atom stereocenters. The van der Waals surface area contributed by atoms with Gasteiger partial charge in [0.2, 0.25) is 5.95 Å². The lowest BCUT2D eigenvalue weighted by atomic mass is 10.1. The van der Waals surface area contributed by atoms with Gasteiger partial charge in [0.15, 0.2) is 0 Å². The fourth-order valence-electron chi connectivity index (χ4n) is 1.67. The van der Waals surface area contributed by atoms with Crippen molar-refractivity contribution < 1.29 is 18.7 Å². The average Bonchev–Trinajstić information content (AvgIpc) is 2.53. The van der Waals surface area contributed by atoms with E-state index in [1.807, 2.05) is 0 Å². The fourth-order valence-corrected chi connectivity index (χ4v) is 1.67. The molecule has 0 aliphatic rings. The summed E-state index contributed by atoms with van der Waals surface area (Å²) >= 11 is 0. The molecule has 6 heteroatoms. The van der Waals surface area contributed by atoms with E-state index in [9.17, 15) is 14.0 Å². The third-order valence-corrected chi connectivity index (χ3v) is 2.82. The van der Waals surface area contributed by atoms with Gasteiger partial charge in [-0.2, -0.15) is 4.39 Å². The summed E-state index contributed by atoms with van der Waals surface area (Å²) in [5, 5.41) is 2.68. The molecule has 0 bridgehead atoms. The minimum Gasteiger partial charge on any atom is -0.465 e. The van der Waals surface area contributed by atoms with Crippen molar-refractivity contribution in [3.63, 3.8) is 0 Å². The number of esters is 1. The first-order valence-corrected chi connectivity index (χ1v) is 6.17. The van der Waals surface area contributed by atoms with Gasteiger partial charge in [-0.25, -0.2) is 9.78 Å². The number of pyridine rings is 1. The van der Waals surface area contributed by atoms with Gasteiger partial charge in [0.25, 0.3) is 5.91 Å². The highest BCUT2D eigenvalue weighted by molar-refractivity contribution is 5.93. The molecule has 0 radical (unpaired) electrons. The van der Waals surface area contributed by atoms with Crippen LogP contribution in [0, 0.1) is 5.95 Å². The maximum Gasteiger partial charge on any atom is 0.337 e. The van der Waals surface area contributed by atoms with Crippen LogP contribution in [-0.2, 0) is 11.3 Å². The predicted octanol–water partition coefficient (Wildman–Crippen LogP) is 1.94. The van der Waals surface area contributed by atoms with Crippen LogP contribution in [0.1, 0.15) is 26.3 Å². The van der Waals surface area contributed by atoms with Gasteiger partial charge in [-0.3, -0.25) is 4.79 Å². The summed E-state index contributed by atoms with van der Waals surface area (Å²) in [6.45, 7) is 0.289. The van der Waals surface area contributed by atoms with Gasteiger partial charge in [-0.05, 0) is 29.8 Å². The van der Waals surface area contributed by atoms with Crippen molar-refractivity contribution in [1.29, 1.82) is 0 Å². The first-order chi connectivity index (χ1) is 10.1. The average molecular weight is 288 g/mol. The standard InChI is InChI=1S/C15H13FN2O3/c1-21-15(20)11-4-2-10(3-5-11)8-18-14(19)12-6-7-13(16)17-9-12/h2-7,9H,8H2,1H3,(H,18,19). The van der Waals surface area contributed by atoms with Crippen LogP contribution in [0.4, 0.5) is 4.39 Å². The summed E-state index contributed by atoms with van der Waals surface area (Å²) in [6, 6.07) is 9.16. The quantitative estimate of drug-likeness (QED) is 0.689. The van der Waals surface area contributed by atoms with E-state index in [0.29, 0.717) is 5.56 Å². The molecule has 0 spiro atoms. The summed E-state index contributed by atoms with van der Waals surface area (Å²) in [5.41, 5.74) is 1.55. The Labute approximate surface area is 120 Å². The number of nitrogens with one attached hydrogen (secondary N) is 1. The molecule has 0 unspecified atom stereocenters. The number of carbonyl (C=O) groups is 2. The van der Waals surface area contributed by atoms with Crippen molar-refractivity contribution in [2.45, 2.75) is 6.54 Å². The summed E-state index contributed by atoms with van der Waals surface area (Å²) in [5.74, 6) is -1.40. The van der Waals surface area contributed by atoms with Crippen LogP contribution in [0.3, 0.4) is 0 Å². The zero-order valence-corrected chi connectivity index (χ0v) is 11.3. The van der Waals surface area contributed by atoms with E-state index in [0.717, 1.165) is 11.6 Å². The number of carbonyl (C=O) groups excluding carboxylic acids is 2. The van der Waals surface area contributed by atoms with Crippen LogP contribution in [-0.4, -0.2) is 24.0 Å². The minimum absolute atomic E-state index is 0.280. The highest BCUT2D eigenvalue weighted by Crippen LogP contribution is 2.06. The molecule has 5 nitrogen and oxygen atoms in total. The number of amides is 1. The molecule has 0 saturated heterocycles. The fraction of sp³-hybridized carbons (Fsp3) is 0.133. The monoisotopic (exact) mass is 288 g/mol. The molecule has 0 aliphatic carbocycles. The molecule has 2 aromatic rings. The van der Waals surface area contributed by atoms with Gasteiger partial charge in [0.1, 0.15) is 0 Å². The second kappa shape index (κ2) is 6.60. The van der Waals surface area contributed by atoms with Gasteiger partial charge in [0.05, 0.1) is 18.2 Å². The Morgan fingerprint density at radius 2 is 1.81 bits per heavy atom. The number of aromatic nitrogens is 1. The number of benzene rings is 1. The predicted molar refractivity (Wildman–Crippen MR) is 73.1 cm³/mol. The molecule has 1 aromatic carbocycles. The van der Waals surface area contributed by atoms with Crippen LogP contribution >= 0.6 is 0 Å². The molecule has 21 heavy (non-hydrogen) atoms. The van der Waals surface area contributed by atoms with Crippen molar-refractivity contribution in [2.24, 2.45) is 0 Å². The van der Waals surface area contributed by atoms with Gasteiger partial charge in [-0.1, -0.05) is 12.1 Å². The van der Waals surface area contributed by atoms with Gasteiger partial charge in [-0.15, -0.1) is 0 Å². The zero-order chi connectivity index (χ0) is 15.2. The first-order valence-electron chi connectivity index (χ1n) is 6.17. The van der Waals surface area contributed by atoms with Gasteiger partial charge >= 0.3 is 5.97 Å². The van der Waals surface area contributed by atoms with E-state index in [-0.39, 0.29) is 18.0 Å². The third kappa shape index (κ3) is 3.85. The van der Waals surface area contributed by atoms with E-state index >= 15 is 0 Å². The lowest BCUT2D eigenvalue weighted by molar-refractivity contribution is 0.0600. The lowest BCUT2D eigenvalue weighted by Crippen LogP contribution is -2.23. The largest absolute Gasteiger partial charge is 0.465 e. The highest BCUT2D eigenvalue weighted by atomic mass is 19.1. The molecule has 1 heterocycles. The number of nitrogens with zero attached hydrogens (tertiary/aromatic N) is 1. The summed E-state index contributed by atoms with van der Waals surface area (Å²) in [6.07, 6.45) is 1.17. The number of ether oxygens (including phenoxy) is 1. The number of hydrogen-bond donors (Lipinski definition) is 1. The second-order valence-corrected chi connectivity index (χ2v) is 4.24. The maximum absolute atomic E-state index is 12.7. The van der Waals surface area contributed by atoms with E-state index in [1.54, 1.807) is 24.3 Å². The summed E-state index contributed by atoms with van der Waals surface area (Å²) in [4.78, 5) is 26.5. The highest BCUT2D eigenvalue weighted by Gasteiger charge is 2.07. The number of halogens is 1. The van der Waals surface area contributed by atoms with Crippen LogP contribution in [0.15, 0.2) is 42.6 Å². The topological polar surface area (TPSA) is 68.3 Å². The lowest BCUT2D eigenvalue weighted by Gasteiger charge is -2.06. The van der Waals surface area contributed by atoms with Crippen LogP contribution in [0.25, 0.3) is 0 Å². The minimum atomic E-state index is -0.634.